The van der Waals surface area contributed by atoms with E-state index in [0.717, 1.165) is 57.0 Å². The molecule has 6 heteroatoms. The third-order valence-electron chi connectivity index (χ3n) is 5.72. The molecule has 0 bridgehead atoms. The SMILES string of the molecule is CC(C)N(C)Cc1nnc2n1CCCN(C(=O)C1(C)CC=CCC1)C2. The van der Waals surface area contributed by atoms with Crippen molar-refractivity contribution < 1.29 is 4.79 Å². The zero-order valence-electron chi connectivity index (χ0n) is 16.0. The summed E-state index contributed by atoms with van der Waals surface area (Å²) in [6, 6.07) is 0.469. The van der Waals surface area contributed by atoms with Crippen LogP contribution < -0.4 is 0 Å². The molecule has 2 heterocycles. The molecule has 0 aromatic carbocycles. The number of hydrogen-bond donors (Lipinski definition) is 0. The summed E-state index contributed by atoms with van der Waals surface area (Å²) in [4.78, 5) is 17.4. The van der Waals surface area contributed by atoms with Gasteiger partial charge in [0, 0.05) is 19.1 Å². The lowest BCUT2D eigenvalue weighted by atomic mass is 9.77. The average molecular weight is 345 g/mol. The normalized spacial score (nSPS) is 23.8. The van der Waals surface area contributed by atoms with Crippen LogP contribution in [0.15, 0.2) is 12.2 Å². The van der Waals surface area contributed by atoms with Crippen LogP contribution in [0.5, 0.6) is 0 Å². The molecular formula is C19H31N5O. The van der Waals surface area contributed by atoms with Gasteiger partial charge >= 0.3 is 0 Å². The summed E-state index contributed by atoms with van der Waals surface area (Å²) in [5.41, 5.74) is -0.259. The van der Waals surface area contributed by atoms with Crippen molar-refractivity contribution in [2.24, 2.45) is 5.41 Å². The monoisotopic (exact) mass is 345 g/mol. The zero-order chi connectivity index (χ0) is 18.0. The summed E-state index contributed by atoms with van der Waals surface area (Å²) in [6.07, 6.45) is 8.08. The summed E-state index contributed by atoms with van der Waals surface area (Å²) in [7, 11) is 2.11. The molecule has 1 aliphatic heterocycles. The van der Waals surface area contributed by atoms with Gasteiger partial charge in [-0.1, -0.05) is 19.1 Å². The molecule has 138 valence electrons. The number of nitrogens with zero attached hydrogens (tertiary/aromatic N) is 5. The zero-order valence-corrected chi connectivity index (χ0v) is 16.0. The highest BCUT2D eigenvalue weighted by atomic mass is 16.2. The van der Waals surface area contributed by atoms with Crippen LogP contribution in [0.2, 0.25) is 0 Å². The molecule has 0 fully saturated rings. The first-order valence-corrected chi connectivity index (χ1v) is 9.46. The van der Waals surface area contributed by atoms with E-state index >= 15 is 0 Å². The number of carbonyl (C=O) groups is 1. The molecule has 6 nitrogen and oxygen atoms in total. The van der Waals surface area contributed by atoms with Crippen LogP contribution >= 0.6 is 0 Å². The van der Waals surface area contributed by atoms with E-state index in [1.54, 1.807) is 0 Å². The number of allylic oxidation sites excluding steroid dienone is 2. The number of carbonyl (C=O) groups excluding carboxylic acids is 1. The second kappa shape index (κ2) is 7.28. The number of aromatic nitrogens is 3. The largest absolute Gasteiger partial charge is 0.335 e. The van der Waals surface area contributed by atoms with E-state index in [1.807, 2.05) is 4.90 Å². The van der Waals surface area contributed by atoms with E-state index in [0.29, 0.717) is 12.6 Å². The highest BCUT2D eigenvalue weighted by molar-refractivity contribution is 5.82. The van der Waals surface area contributed by atoms with Crippen LogP contribution in [0.4, 0.5) is 0 Å². The number of hydrogen-bond acceptors (Lipinski definition) is 4. The molecule has 0 saturated carbocycles. The molecule has 0 N–H and O–H groups in total. The Kier molecular flexibility index (Phi) is 5.27. The van der Waals surface area contributed by atoms with Crippen molar-refractivity contribution in [3.8, 4) is 0 Å². The van der Waals surface area contributed by atoms with Crippen molar-refractivity contribution >= 4 is 5.91 Å². The van der Waals surface area contributed by atoms with Gasteiger partial charge in [-0.2, -0.15) is 0 Å². The lowest BCUT2D eigenvalue weighted by Crippen LogP contribution is -2.42. The summed E-state index contributed by atoms with van der Waals surface area (Å²) in [5.74, 6) is 2.20. The van der Waals surface area contributed by atoms with Gasteiger partial charge in [0.25, 0.3) is 0 Å². The molecule has 1 atom stereocenters. The maximum absolute atomic E-state index is 13.1. The van der Waals surface area contributed by atoms with Crippen LogP contribution in [0.3, 0.4) is 0 Å². The fourth-order valence-corrected chi connectivity index (χ4v) is 3.65. The maximum Gasteiger partial charge on any atom is 0.229 e. The van der Waals surface area contributed by atoms with Gasteiger partial charge < -0.3 is 9.47 Å². The Bertz CT molecular complexity index is 650. The van der Waals surface area contributed by atoms with Crippen LogP contribution in [-0.2, 0) is 24.4 Å². The molecular weight excluding hydrogens is 314 g/mol. The Hall–Kier alpha value is -1.69. The lowest BCUT2D eigenvalue weighted by molar-refractivity contribution is -0.142. The molecule has 1 unspecified atom stereocenters. The fraction of sp³-hybridized carbons (Fsp3) is 0.737. The van der Waals surface area contributed by atoms with Gasteiger partial charge in [0.15, 0.2) is 5.82 Å². The van der Waals surface area contributed by atoms with Gasteiger partial charge in [0.05, 0.1) is 18.5 Å². The highest BCUT2D eigenvalue weighted by Crippen LogP contribution is 2.35. The predicted molar refractivity (Wildman–Crippen MR) is 97.8 cm³/mol. The summed E-state index contributed by atoms with van der Waals surface area (Å²) in [6.45, 7) is 9.54. The van der Waals surface area contributed by atoms with Crippen molar-refractivity contribution in [1.29, 1.82) is 0 Å². The Morgan fingerprint density at radius 3 is 2.80 bits per heavy atom. The summed E-state index contributed by atoms with van der Waals surface area (Å²) in [5, 5.41) is 8.82. The predicted octanol–water partition coefficient (Wildman–Crippen LogP) is 2.60. The Balaban J connectivity index is 1.75. The number of rotatable bonds is 4. The van der Waals surface area contributed by atoms with Crippen LogP contribution in [0, 0.1) is 5.41 Å². The number of fused-ring (bicyclic) bond motifs is 1. The van der Waals surface area contributed by atoms with Crippen LogP contribution in [0.1, 0.15) is 58.1 Å². The van der Waals surface area contributed by atoms with E-state index < -0.39 is 0 Å². The van der Waals surface area contributed by atoms with Gasteiger partial charge in [-0.05, 0) is 46.6 Å². The van der Waals surface area contributed by atoms with Gasteiger partial charge in [-0.3, -0.25) is 9.69 Å². The smallest absolute Gasteiger partial charge is 0.229 e. The van der Waals surface area contributed by atoms with E-state index in [1.165, 1.54) is 0 Å². The van der Waals surface area contributed by atoms with E-state index in [2.05, 4.69) is 59.6 Å². The topological polar surface area (TPSA) is 54.3 Å². The first-order valence-electron chi connectivity index (χ1n) is 9.46. The first-order chi connectivity index (χ1) is 11.9. The number of amides is 1. The Morgan fingerprint density at radius 1 is 1.32 bits per heavy atom. The summed E-state index contributed by atoms with van der Waals surface area (Å²) < 4.78 is 2.22. The van der Waals surface area contributed by atoms with Crippen molar-refractivity contribution in [3.63, 3.8) is 0 Å². The minimum absolute atomic E-state index is 0.259. The lowest BCUT2D eigenvalue weighted by Gasteiger charge is -2.34. The van der Waals surface area contributed by atoms with Gasteiger partial charge in [0.1, 0.15) is 5.82 Å². The standard InChI is InChI=1S/C19H31N5O/c1-15(2)22(4)13-16-20-21-17-14-23(11-8-12-24(16)17)18(25)19(3)9-6-5-7-10-19/h5-6,15H,7-14H2,1-4H3. The Morgan fingerprint density at radius 2 is 2.12 bits per heavy atom. The first kappa shape index (κ1) is 18.1. The van der Waals surface area contributed by atoms with E-state index in [4.69, 9.17) is 0 Å². The third kappa shape index (κ3) is 3.78. The molecule has 3 rings (SSSR count). The molecule has 0 saturated heterocycles. The molecule has 1 amide bonds. The summed E-state index contributed by atoms with van der Waals surface area (Å²) >= 11 is 0. The molecule has 1 aromatic rings. The van der Waals surface area contributed by atoms with Crippen molar-refractivity contribution in [2.75, 3.05) is 13.6 Å². The average Bonchev–Trinajstić information content (AvgIpc) is 2.83. The molecule has 2 aliphatic rings. The minimum Gasteiger partial charge on any atom is -0.335 e. The molecule has 1 aromatic heterocycles. The van der Waals surface area contributed by atoms with Crippen molar-refractivity contribution in [3.05, 3.63) is 23.8 Å². The fourth-order valence-electron chi connectivity index (χ4n) is 3.65. The second-order valence-electron chi connectivity index (χ2n) is 8.05. The van der Waals surface area contributed by atoms with Gasteiger partial charge in [-0.25, -0.2) is 0 Å². The van der Waals surface area contributed by atoms with Crippen molar-refractivity contribution in [2.45, 2.75) is 72.1 Å². The van der Waals surface area contributed by atoms with E-state index in [-0.39, 0.29) is 11.3 Å². The second-order valence-corrected chi connectivity index (χ2v) is 8.05. The van der Waals surface area contributed by atoms with Gasteiger partial charge in [-0.15, -0.1) is 10.2 Å². The third-order valence-corrected chi connectivity index (χ3v) is 5.72. The minimum atomic E-state index is -0.259. The van der Waals surface area contributed by atoms with E-state index in [9.17, 15) is 4.79 Å². The Labute approximate surface area is 150 Å². The molecule has 0 spiro atoms. The van der Waals surface area contributed by atoms with Crippen LogP contribution in [-0.4, -0.2) is 50.1 Å². The molecule has 25 heavy (non-hydrogen) atoms. The van der Waals surface area contributed by atoms with Gasteiger partial charge in [0.2, 0.25) is 5.91 Å². The van der Waals surface area contributed by atoms with Crippen molar-refractivity contribution in [1.82, 2.24) is 24.6 Å². The molecule has 1 aliphatic carbocycles. The highest BCUT2D eigenvalue weighted by Gasteiger charge is 2.37. The maximum atomic E-state index is 13.1. The van der Waals surface area contributed by atoms with Crippen LogP contribution in [0.25, 0.3) is 0 Å². The molecule has 0 radical (unpaired) electrons. The quantitative estimate of drug-likeness (QED) is 0.787.